The SMILES string of the molecule is CC1=C(C)C[C@H](C(=O)n2nc3c(c2-c2ccccc2)[C@H](C)CC[C@H]3C(C)C)CC1. The van der Waals surface area contributed by atoms with E-state index >= 15 is 0 Å². The lowest BCUT2D eigenvalue weighted by Crippen LogP contribution is -2.26. The molecule has 0 fully saturated rings. The number of hydrogen-bond acceptors (Lipinski definition) is 2. The highest BCUT2D eigenvalue weighted by Gasteiger charge is 2.36. The molecule has 1 aromatic carbocycles. The maximum absolute atomic E-state index is 13.7. The van der Waals surface area contributed by atoms with Gasteiger partial charge in [0.15, 0.2) is 0 Å². The van der Waals surface area contributed by atoms with Crippen LogP contribution in [0.1, 0.15) is 94.6 Å². The van der Waals surface area contributed by atoms with Crippen LogP contribution in [0.2, 0.25) is 0 Å². The molecule has 3 nitrogen and oxygen atoms in total. The number of fused-ring (bicyclic) bond motifs is 1. The van der Waals surface area contributed by atoms with Crippen molar-refractivity contribution in [1.82, 2.24) is 9.78 Å². The highest BCUT2D eigenvalue weighted by atomic mass is 16.2. The number of hydrogen-bond donors (Lipinski definition) is 0. The number of allylic oxidation sites excluding steroid dienone is 2. The Morgan fingerprint density at radius 1 is 1.07 bits per heavy atom. The van der Waals surface area contributed by atoms with Crippen LogP contribution in [0.25, 0.3) is 11.3 Å². The molecule has 0 N–H and O–H groups in total. The second kappa shape index (κ2) is 7.93. The Bertz CT molecular complexity index is 935. The summed E-state index contributed by atoms with van der Waals surface area (Å²) >= 11 is 0. The van der Waals surface area contributed by atoms with Crippen molar-refractivity contribution in [3.8, 4) is 11.3 Å². The van der Waals surface area contributed by atoms with Gasteiger partial charge in [-0.2, -0.15) is 9.78 Å². The van der Waals surface area contributed by atoms with E-state index < -0.39 is 0 Å². The first-order valence-electron chi connectivity index (χ1n) is 11.3. The monoisotopic (exact) mass is 390 g/mol. The zero-order chi connectivity index (χ0) is 20.7. The van der Waals surface area contributed by atoms with Gasteiger partial charge in [-0.15, -0.1) is 0 Å². The first-order valence-corrected chi connectivity index (χ1v) is 11.3. The molecule has 0 aliphatic heterocycles. The van der Waals surface area contributed by atoms with E-state index in [-0.39, 0.29) is 11.8 Å². The zero-order valence-electron chi connectivity index (χ0n) is 18.5. The smallest absolute Gasteiger partial charge is 0.250 e. The van der Waals surface area contributed by atoms with Crippen molar-refractivity contribution >= 4 is 5.91 Å². The number of nitrogens with zero attached hydrogens (tertiary/aromatic N) is 2. The van der Waals surface area contributed by atoms with Crippen molar-refractivity contribution < 1.29 is 4.79 Å². The summed E-state index contributed by atoms with van der Waals surface area (Å²) in [5.74, 6) is 1.63. The van der Waals surface area contributed by atoms with Gasteiger partial charge in [-0.25, -0.2) is 0 Å². The van der Waals surface area contributed by atoms with E-state index in [1.54, 1.807) is 4.68 Å². The average Bonchev–Trinajstić information content (AvgIpc) is 3.11. The van der Waals surface area contributed by atoms with E-state index in [4.69, 9.17) is 5.10 Å². The Morgan fingerprint density at radius 3 is 2.45 bits per heavy atom. The van der Waals surface area contributed by atoms with Crippen LogP contribution in [0, 0.1) is 11.8 Å². The standard InChI is InChI=1S/C26H34N2O/c1-16(2)22-14-12-18(4)23-24(22)27-28(25(23)20-9-7-6-8-10-20)26(29)21-13-11-17(3)19(5)15-21/h6-10,16,18,21-22H,11-15H2,1-5H3/t18-,21-,22+/m1/s1. The first kappa shape index (κ1) is 20.1. The molecule has 0 spiro atoms. The number of aromatic nitrogens is 2. The van der Waals surface area contributed by atoms with Crippen molar-refractivity contribution in [3.63, 3.8) is 0 Å². The van der Waals surface area contributed by atoms with Crippen LogP contribution < -0.4 is 0 Å². The fourth-order valence-electron chi connectivity index (χ4n) is 5.23. The predicted octanol–water partition coefficient (Wildman–Crippen LogP) is 6.96. The molecular weight excluding hydrogens is 356 g/mol. The molecule has 0 saturated carbocycles. The second-order valence-electron chi connectivity index (χ2n) is 9.59. The van der Waals surface area contributed by atoms with Crippen LogP contribution in [-0.2, 0) is 0 Å². The molecule has 0 saturated heterocycles. The van der Waals surface area contributed by atoms with Crippen molar-refractivity contribution in [2.24, 2.45) is 11.8 Å². The maximum Gasteiger partial charge on any atom is 0.250 e. The van der Waals surface area contributed by atoms with Gasteiger partial charge in [0.1, 0.15) is 0 Å². The largest absolute Gasteiger partial charge is 0.272 e. The summed E-state index contributed by atoms with van der Waals surface area (Å²) in [6, 6.07) is 10.4. The van der Waals surface area contributed by atoms with Crippen LogP contribution in [0.5, 0.6) is 0 Å². The summed E-state index contributed by atoms with van der Waals surface area (Å²) in [5, 5.41) is 5.05. The zero-order valence-corrected chi connectivity index (χ0v) is 18.5. The molecule has 3 heteroatoms. The van der Waals surface area contributed by atoms with Gasteiger partial charge in [-0.1, -0.05) is 62.2 Å². The van der Waals surface area contributed by atoms with Gasteiger partial charge < -0.3 is 0 Å². The van der Waals surface area contributed by atoms with Crippen LogP contribution in [-0.4, -0.2) is 15.7 Å². The van der Waals surface area contributed by atoms with E-state index in [9.17, 15) is 4.79 Å². The van der Waals surface area contributed by atoms with Crippen molar-refractivity contribution in [3.05, 3.63) is 52.7 Å². The Morgan fingerprint density at radius 2 is 1.79 bits per heavy atom. The van der Waals surface area contributed by atoms with Gasteiger partial charge in [0, 0.05) is 23.0 Å². The third-order valence-corrected chi connectivity index (χ3v) is 7.26. The Balaban J connectivity index is 1.86. The van der Waals surface area contributed by atoms with Gasteiger partial charge in [0.05, 0.1) is 11.4 Å². The minimum absolute atomic E-state index is 0.0373. The van der Waals surface area contributed by atoms with Crippen LogP contribution in [0.3, 0.4) is 0 Å². The number of benzene rings is 1. The summed E-state index contributed by atoms with van der Waals surface area (Å²) in [7, 11) is 0. The number of rotatable bonds is 3. The van der Waals surface area contributed by atoms with Gasteiger partial charge in [-0.05, 0) is 57.8 Å². The molecule has 0 bridgehead atoms. The van der Waals surface area contributed by atoms with Crippen molar-refractivity contribution in [2.75, 3.05) is 0 Å². The minimum atomic E-state index is 0.0373. The molecule has 154 valence electrons. The van der Waals surface area contributed by atoms with Gasteiger partial charge in [-0.3, -0.25) is 4.79 Å². The highest BCUT2D eigenvalue weighted by molar-refractivity contribution is 5.87. The van der Waals surface area contributed by atoms with Crippen molar-refractivity contribution in [1.29, 1.82) is 0 Å². The summed E-state index contributed by atoms with van der Waals surface area (Å²) in [6.45, 7) is 11.2. The first-order chi connectivity index (χ1) is 13.9. The molecule has 4 rings (SSSR count). The number of carbonyl (C=O) groups excluding carboxylic acids is 1. The molecule has 2 aromatic rings. The fraction of sp³-hybridized carbons (Fsp3) is 0.538. The van der Waals surface area contributed by atoms with E-state index in [0.29, 0.717) is 17.8 Å². The van der Waals surface area contributed by atoms with Crippen LogP contribution in [0.4, 0.5) is 0 Å². The molecule has 0 unspecified atom stereocenters. The Hall–Kier alpha value is -2.16. The predicted molar refractivity (Wildman–Crippen MR) is 119 cm³/mol. The summed E-state index contributed by atoms with van der Waals surface area (Å²) in [4.78, 5) is 13.7. The fourth-order valence-corrected chi connectivity index (χ4v) is 5.23. The lowest BCUT2D eigenvalue weighted by molar-refractivity contribution is 0.0806. The molecule has 29 heavy (non-hydrogen) atoms. The van der Waals surface area contributed by atoms with E-state index in [1.807, 2.05) is 6.07 Å². The lowest BCUT2D eigenvalue weighted by atomic mass is 9.75. The highest BCUT2D eigenvalue weighted by Crippen LogP contribution is 2.46. The quantitative estimate of drug-likeness (QED) is 0.531. The summed E-state index contributed by atoms with van der Waals surface area (Å²) < 4.78 is 1.80. The Labute approximate surface area is 175 Å². The summed E-state index contributed by atoms with van der Waals surface area (Å²) in [6.07, 6.45) is 5.15. The van der Waals surface area contributed by atoms with Gasteiger partial charge in [0.25, 0.3) is 5.91 Å². The molecule has 1 aromatic heterocycles. The molecule has 3 atom stereocenters. The second-order valence-corrected chi connectivity index (χ2v) is 9.59. The van der Waals surface area contributed by atoms with Crippen LogP contribution in [0.15, 0.2) is 41.5 Å². The van der Waals surface area contributed by atoms with E-state index in [0.717, 1.165) is 36.9 Å². The molecule has 0 radical (unpaired) electrons. The van der Waals surface area contributed by atoms with Gasteiger partial charge in [0.2, 0.25) is 0 Å². The lowest BCUT2D eigenvalue weighted by Gasteiger charge is -2.29. The maximum atomic E-state index is 13.7. The van der Waals surface area contributed by atoms with E-state index in [1.165, 1.54) is 28.8 Å². The molecular formula is C26H34N2O. The molecule has 2 aliphatic rings. The van der Waals surface area contributed by atoms with Crippen LogP contribution >= 0.6 is 0 Å². The normalized spacial score (nSPS) is 24.7. The van der Waals surface area contributed by atoms with Gasteiger partial charge >= 0.3 is 0 Å². The summed E-state index contributed by atoms with van der Waals surface area (Å²) in [5.41, 5.74) is 7.48. The molecule has 1 heterocycles. The third-order valence-electron chi connectivity index (χ3n) is 7.26. The third kappa shape index (κ3) is 3.60. The Kier molecular flexibility index (Phi) is 5.50. The van der Waals surface area contributed by atoms with E-state index in [2.05, 4.69) is 58.9 Å². The topological polar surface area (TPSA) is 34.9 Å². The number of carbonyl (C=O) groups is 1. The minimum Gasteiger partial charge on any atom is -0.272 e. The van der Waals surface area contributed by atoms with Crippen molar-refractivity contribution in [2.45, 2.75) is 78.6 Å². The molecule has 0 amide bonds. The average molecular weight is 391 g/mol. The molecule has 2 aliphatic carbocycles.